The molecule has 0 spiro atoms. The smallest absolute Gasteiger partial charge is 0.436 e. The summed E-state index contributed by atoms with van der Waals surface area (Å²) in [5.41, 5.74) is 0.836. The van der Waals surface area contributed by atoms with Gasteiger partial charge in [-0.1, -0.05) is 6.07 Å². The van der Waals surface area contributed by atoms with E-state index in [0.29, 0.717) is 24.3 Å². The predicted octanol–water partition coefficient (Wildman–Crippen LogP) is 7.06. The summed E-state index contributed by atoms with van der Waals surface area (Å²) in [7, 11) is 0. The van der Waals surface area contributed by atoms with Gasteiger partial charge >= 0.3 is 6.18 Å². The standard InChI is InChI=1S/C24H22BrF3N4O4/c1-12-6-13(2)8-18(7-12)36-19-10-16(9-17(11-19)32(34)35)29-23(33)14(3)31-21(15-4-5-15)20(25)22(30-31)24(26,27)28/h6-11,14-15H,4-5H2,1-3H3,(H,29,33). The summed E-state index contributed by atoms with van der Waals surface area (Å²) in [5.74, 6) is -0.224. The number of alkyl halides is 3. The molecule has 0 bridgehead atoms. The molecule has 12 heteroatoms. The SMILES string of the molecule is Cc1cc(C)cc(Oc2cc(NC(=O)C(C)n3nc(C(F)(F)F)c(Br)c3C3CC3)cc([N+](=O)[O-])c2)c1. The van der Waals surface area contributed by atoms with Gasteiger partial charge in [-0.15, -0.1) is 0 Å². The van der Waals surface area contributed by atoms with Crippen LogP contribution in [0.5, 0.6) is 11.5 Å². The zero-order valence-electron chi connectivity index (χ0n) is 19.5. The molecular formula is C24H22BrF3N4O4. The number of hydrogen-bond donors (Lipinski definition) is 1. The minimum absolute atomic E-state index is 0.0654. The van der Waals surface area contributed by atoms with Gasteiger partial charge in [0.2, 0.25) is 5.91 Å². The summed E-state index contributed by atoms with van der Waals surface area (Å²) >= 11 is 3.01. The van der Waals surface area contributed by atoms with E-state index >= 15 is 0 Å². The second-order valence-electron chi connectivity index (χ2n) is 8.83. The second-order valence-corrected chi connectivity index (χ2v) is 9.62. The Morgan fingerprint density at radius 3 is 2.33 bits per heavy atom. The van der Waals surface area contributed by atoms with Crippen molar-refractivity contribution in [2.24, 2.45) is 0 Å². The molecule has 8 nitrogen and oxygen atoms in total. The highest BCUT2D eigenvalue weighted by Crippen LogP contribution is 2.47. The van der Waals surface area contributed by atoms with Crippen molar-refractivity contribution in [1.82, 2.24) is 9.78 Å². The van der Waals surface area contributed by atoms with Crippen molar-refractivity contribution >= 4 is 33.2 Å². The van der Waals surface area contributed by atoms with Gasteiger partial charge < -0.3 is 10.1 Å². The number of rotatable bonds is 7. The van der Waals surface area contributed by atoms with Crippen LogP contribution in [0.15, 0.2) is 40.9 Å². The molecule has 1 aliphatic carbocycles. The zero-order chi connectivity index (χ0) is 26.4. The first-order valence-corrected chi connectivity index (χ1v) is 11.8. The first-order valence-electron chi connectivity index (χ1n) is 11.0. The van der Waals surface area contributed by atoms with E-state index in [1.54, 1.807) is 12.1 Å². The number of amides is 1. The molecule has 0 aliphatic heterocycles. The number of non-ortho nitro benzene ring substituents is 1. The van der Waals surface area contributed by atoms with Crippen LogP contribution in [-0.2, 0) is 11.0 Å². The maximum absolute atomic E-state index is 13.4. The van der Waals surface area contributed by atoms with Crippen molar-refractivity contribution in [3.8, 4) is 11.5 Å². The van der Waals surface area contributed by atoms with E-state index in [1.165, 1.54) is 19.1 Å². The predicted molar refractivity (Wildman–Crippen MR) is 129 cm³/mol. The van der Waals surface area contributed by atoms with E-state index in [4.69, 9.17) is 4.74 Å². The number of nitro benzene ring substituents is 1. The number of hydrogen-bond acceptors (Lipinski definition) is 5. The molecule has 0 radical (unpaired) electrons. The minimum Gasteiger partial charge on any atom is -0.457 e. The highest BCUT2D eigenvalue weighted by molar-refractivity contribution is 9.10. The number of carbonyl (C=O) groups excluding carboxylic acids is 1. The molecule has 0 saturated heterocycles. The van der Waals surface area contributed by atoms with Gasteiger partial charge in [0.15, 0.2) is 5.69 Å². The van der Waals surface area contributed by atoms with Crippen LogP contribution in [0, 0.1) is 24.0 Å². The molecule has 1 unspecified atom stereocenters. The van der Waals surface area contributed by atoms with Crippen LogP contribution >= 0.6 is 15.9 Å². The van der Waals surface area contributed by atoms with Gasteiger partial charge in [-0.25, -0.2) is 0 Å². The Kier molecular flexibility index (Phi) is 6.82. The third-order valence-electron chi connectivity index (χ3n) is 5.67. The number of benzene rings is 2. The minimum atomic E-state index is -4.69. The number of aryl methyl sites for hydroxylation is 2. The molecule has 4 rings (SSSR count). The first kappa shape index (κ1) is 25.7. The van der Waals surface area contributed by atoms with E-state index in [1.807, 2.05) is 19.9 Å². The fourth-order valence-electron chi connectivity index (χ4n) is 3.93. The molecule has 1 fully saturated rings. The molecular weight excluding hydrogens is 545 g/mol. The van der Waals surface area contributed by atoms with Gasteiger partial charge in [0.1, 0.15) is 17.5 Å². The molecule has 1 saturated carbocycles. The molecule has 2 aromatic carbocycles. The zero-order valence-corrected chi connectivity index (χ0v) is 21.1. The van der Waals surface area contributed by atoms with E-state index in [2.05, 4.69) is 26.3 Å². The molecule has 1 heterocycles. The number of halogens is 4. The maximum atomic E-state index is 13.4. The summed E-state index contributed by atoms with van der Waals surface area (Å²) in [6, 6.07) is 8.15. The van der Waals surface area contributed by atoms with Crippen LogP contribution in [0.1, 0.15) is 54.2 Å². The van der Waals surface area contributed by atoms with E-state index < -0.39 is 28.7 Å². The van der Waals surface area contributed by atoms with Gasteiger partial charge in [-0.2, -0.15) is 18.3 Å². The molecule has 1 amide bonds. The van der Waals surface area contributed by atoms with Crippen molar-refractivity contribution in [3.63, 3.8) is 0 Å². The number of aromatic nitrogens is 2. The van der Waals surface area contributed by atoms with Crippen LogP contribution in [0.25, 0.3) is 0 Å². The average molecular weight is 567 g/mol. The van der Waals surface area contributed by atoms with Gasteiger partial charge in [-0.05, 0) is 72.8 Å². The Morgan fingerprint density at radius 1 is 1.17 bits per heavy atom. The van der Waals surface area contributed by atoms with Gasteiger partial charge in [-0.3, -0.25) is 19.6 Å². The van der Waals surface area contributed by atoms with Crippen molar-refractivity contribution in [3.05, 3.63) is 73.5 Å². The summed E-state index contributed by atoms with van der Waals surface area (Å²) in [5, 5.41) is 17.7. The lowest BCUT2D eigenvalue weighted by Gasteiger charge is -2.16. The second kappa shape index (κ2) is 9.57. The summed E-state index contributed by atoms with van der Waals surface area (Å²) in [6.07, 6.45) is -3.30. The molecule has 36 heavy (non-hydrogen) atoms. The van der Waals surface area contributed by atoms with Crippen molar-refractivity contribution in [2.45, 2.75) is 51.7 Å². The maximum Gasteiger partial charge on any atom is 0.436 e. The topological polar surface area (TPSA) is 99.3 Å². The molecule has 1 atom stereocenters. The number of anilines is 1. The molecule has 1 aromatic heterocycles. The fraction of sp³-hybridized carbons (Fsp3) is 0.333. The normalized spacial score (nSPS) is 14.4. The van der Waals surface area contributed by atoms with Crippen LogP contribution in [0.4, 0.5) is 24.5 Å². The number of ether oxygens (including phenoxy) is 1. The molecule has 1 N–H and O–H groups in total. The Balaban J connectivity index is 1.63. The number of nitrogens with zero attached hydrogens (tertiary/aromatic N) is 3. The Hall–Kier alpha value is -3.41. The lowest BCUT2D eigenvalue weighted by molar-refractivity contribution is -0.384. The van der Waals surface area contributed by atoms with Crippen LogP contribution in [-0.4, -0.2) is 20.6 Å². The van der Waals surface area contributed by atoms with Crippen LogP contribution < -0.4 is 10.1 Å². The van der Waals surface area contributed by atoms with Crippen molar-refractivity contribution in [2.75, 3.05) is 5.32 Å². The fourth-order valence-corrected chi connectivity index (χ4v) is 4.74. The first-order chi connectivity index (χ1) is 16.8. The van der Waals surface area contributed by atoms with Gasteiger partial charge in [0.25, 0.3) is 5.69 Å². The number of nitro groups is 1. The largest absolute Gasteiger partial charge is 0.457 e. The Morgan fingerprint density at radius 2 is 1.78 bits per heavy atom. The number of nitrogens with one attached hydrogen (secondary N) is 1. The number of carbonyl (C=O) groups is 1. The molecule has 3 aromatic rings. The summed E-state index contributed by atoms with van der Waals surface area (Å²) in [4.78, 5) is 23.9. The Labute approximate surface area is 212 Å². The van der Waals surface area contributed by atoms with E-state index in [-0.39, 0.29) is 27.5 Å². The molecule has 190 valence electrons. The summed E-state index contributed by atoms with van der Waals surface area (Å²) < 4.78 is 47.1. The average Bonchev–Trinajstić information content (AvgIpc) is 3.53. The van der Waals surface area contributed by atoms with Crippen molar-refractivity contribution < 1.29 is 27.6 Å². The van der Waals surface area contributed by atoms with E-state index in [9.17, 15) is 28.1 Å². The lowest BCUT2D eigenvalue weighted by atomic mass is 10.1. The van der Waals surface area contributed by atoms with Gasteiger partial charge in [0, 0.05) is 18.1 Å². The summed E-state index contributed by atoms with van der Waals surface area (Å²) in [6.45, 7) is 5.19. The quantitative estimate of drug-likeness (QED) is 0.244. The monoisotopic (exact) mass is 566 g/mol. The lowest BCUT2D eigenvalue weighted by Crippen LogP contribution is -2.26. The highest BCUT2D eigenvalue weighted by Gasteiger charge is 2.43. The third-order valence-corrected chi connectivity index (χ3v) is 6.45. The van der Waals surface area contributed by atoms with Crippen molar-refractivity contribution in [1.29, 1.82) is 0 Å². The van der Waals surface area contributed by atoms with Crippen LogP contribution in [0.2, 0.25) is 0 Å². The van der Waals surface area contributed by atoms with Gasteiger partial charge in [0.05, 0.1) is 26.8 Å². The highest BCUT2D eigenvalue weighted by atomic mass is 79.9. The third kappa shape index (κ3) is 5.53. The molecule has 1 aliphatic rings. The Bertz CT molecular complexity index is 1330. The van der Waals surface area contributed by atoms with Crippen LogP contribution in [0.3, 0.4) is 0 Å². The van der Waals surface area contributed by atoms with E-state index in [0.717, 1.165) is 21.9 Å².